The average Bonchev–Trinajstić information content (AvgIpc) is 2.53. The molecule has 23 heavy (non-hydrogen) atoms. The monoisotopic (exact) mass is 331 g/mol. The van der Waals surface area contributed by atoms with Crippen molar-refractivity contribution in [2.45, 2.75) is 29.8 Å². The number of aryl methyl sites for hydroxylation is 1. The lowest BCUT2D eigenvalue weighted by Gasteiger charge is -2.35. The Bertz CT molecular complexity index is 799. The van der Waals surface area contributed by atoms with Gasteiger partial charge in [0.1, 0.15) is 5.60 Å². The molecular formula is C18H21NO3S. The molecule has 1 unspecified atom stereocenters. The molecule has 4 nitrogen and oxygen atoms in total. The summed E-state index contributed by atoms with van der Waals surface area (Å²) in [5, 5.41) is 14.2. The van der Waals surface area contributed by atoms with Crippen LogP contribution in [-0.2, 0) is 21.9 Å². The van der Waals surface area contributed by atoms with Gasteiger partial charge in [-0.25, -0.2) is 8.42 Å². The maximum Gasteiger partial charge on any atom is 0.175 e. The van der Waals surface area contributed by atoms with E-state index in [0.717, 1.165) is 30.5 Å². The maximum atomic E-state index is 11.5. The van der Waals surface area contributed by atoms with Gasteiger partial charge in [-0.1, -0.05) is 24.3 Å². The number of benzene rings is 2. The highest BCUT2D eigenvalue weighted by Crippen LogP contribution is 2.35. The minimum atomic E-state index is -3.18. The van der Waals surface area contributed by atoms with Gasteiger partial charge in [-0.2, -0.15) is 0 Å². The lowest BCUT2D eigenvalue weighted by atomic mass is 9.79. The predicted octanol–water partition coefficient (Wildman–Crippen LogP) is 2.73. The van der Waals surface area contributed by atoms with E-state index >= 15 is 0 Å². The predicted molar refractivity (Wildman–Crippen MR) is 91.3 cm³/mol. The third-order valence-corrected chi connectivity index (χ3v) is 5.55. The number of hydrogen-bond acceptors (Lipinski definition) is 4. The van der Waals surface area contributed by atoms with Crippen LogP contribution in [0.5, 0.6) is 0 Å². The van der Waals surface area contributed by atoms with E-state index in [-0.39, 0.29) is 0 Å². The third-order valence-electron chi connectivity index (χ3n) is 4.42. The molecule has 0 fully saturated rings. The first-order valence-corrected chi connectivity index (χ1v) is 9.62. The van der Waals surface area contributed by atoms with Crippen molar-refractivity contribution < 1.29 is 13.5 Å². The van der Waals surface area contributed by atoms with E-state index in [2.05, 4.69) is 11.4 Å². The molecule has 0 heterocycles. The number of aliphatic hydroxyl groups is 1. The zero-order valence-corrected chi connectivity index (χ0v) is 13.9. The summed E-state index contributed by atoms with van der Waals surface area (Å²) in [5.74, 6) is 0. The van der Waals surface area contributed by atoms with Crippen LogP contribution in [0.3, 0.4) is 0 Å². The number of rotatable bonds is 4. The van der Waals surface area contributed by atoms with Crippen LogP contribution in [0.2, 0.25) is 0 Å². The molecule has 3 rings (SSSR count). The molecule has 1 aliphatic carbocycles. The van der Waals surface area contributed by atoms with Gasteiger partial charge in [-0.15, -0.1) is 0 Å². The Morgan fingerprint density at radius 2 is 1.83 bits per heavy atom. The van der Waals surface area contributed by atoms with E-state index < -0.39 is 15.4 Å². The highest BCUT2D eigenvalue weighted by Gasteiger charge is 2.33. The smallest absolute Gasteiger partial charge is 0.175 e. The highest BCUT2D eigenvalue weighted by molar-refractivity contribution is 7.90. The average molecular weight is 331 g/mol. The Kier molecular flexibility index (Phi) is 4.17. The Labute approximate surface area is 137 Å². The van der Waals surface area contributed by atoms with Crippen LogP contribution in [-0.4, -0.2) is 26.3 Å². The fourth-order valence-corrected chi connectivity index (χ4v) is 3.78. The summed E-state index contributed by atoms with van der Waals surface area (Å²) in [5.41, 5.74) is 2.11. The summed E-state index contributed by atoms with van der Waals surface area (Å²) in [6, 6.07) is 14.6. The zero-order chi connectivity index (χ0) is 16.5. The van der Waals surface area contributed by atoms with Crippen molar-refractivity contribution >= 4 is 15.5 Å². The van der Waals surface area contributed by atoms with E-state index in [1.807, 2.05) is 18.2 Å². The first-order valence-electron chi connectivity index (χ1n) is 7.73. The molecule has 0 bridgehead atoms. The van der Waals surface area contributed by atoms with Crippen LogP contribution >= 0.6 is 0 Å². The molecule has 122 valence electrons. The second kappa shape index (κ2) is 5.98. The van der Waals surface area contributed by atoms with Crippen LogP contribution < -0.4 is 5.32 Å². The SMILES string of the molecule is CS(=O)(=O)c1ccc(NCC2(O)CCCc3ccccc32)cc1. The van der Waals surface area contributed by atoms with E-state index in [0.29, 0.717) is 11.4 Å². The fraction of sp³-hybridized carbons (Fsp3) is 0.333. The molecule has 0 saturated heterocycles. The van der Waals surface area contributed by atoms with Gasteiger partial charge >= 0.3 is 0 Å². The van der Waals surface area contributed by atoms with E-state index in [1.54, 1.807) is 24.3 Å². The number of sulfone groups is 1. The van der Waals surface area contributed by atoms with Gasteiger partial charge in [0.05, 0.1) is 4.90 Å². The Hall–Kier alpha value is -1.85. The lowest BCUT2D eigenvalue weighted by molar-refractivity contribution is 0.0323. The number of anilines is 1. The highest BCUT2D eigenvalue weighted by atomic mass is 32.2. The van der Waals surface area contributed by atoms with Gasteiger partial charge < -0.3 is 10.4 Å². The summed E-state index contributed by atoms with van der Waals surface area (Å²) in [6.45, 7) is 0.405. The number of hydrogen-bond donors (Lipinski definition) is 2. The van der Waals surface area contributed by atoms with E-state index in [1.165, 1.54) is 11.8 Å². The van der Waals surface area contributed by atoms with Crippen molar-refractivity contribution in [2.75, 3.05) is 18.1 Å². The molecule has 0 spiro atoms. The normalized spacial score (nSPS) is 20.8. The van der Waals surface area contributed by atoms with Crippen molar-refractivity contribution in [2.24, 2.45) is 0 Å². The van der Waals surface area contributed by atoms with Crippen molar-refractivity contribution in [1.29, 1.82) is 0 Å². The Balaban J connectivity index is 1.76. The Morgan fingerprint density at radius 1 is 1.13 bits per heavy atom. The van der Waals surface area contributed by atoms with Crippen molar-refractivity contribution in [3.63, 3.8) is 0 Å². The summed E-state index contributed by atoms with van der Waals surface area (Å²) < 4.78 is 23.0. The van der Waals surface area contributed by atoms with Gasteiger partial charge in [-0.05, 0) is 54.7 Å². The van der Waals surface area contributed by atoms with Crippen LogP contribution in [0.1, 0.15) is 24.0 Å². The second-order valence-electron chi connectivity index (χ2n) is 6.19. The molecule has 0 radical (unpaired) electrons. The maximum absolute atomic E-state index is 11.5. The third kappa shape index (κ3) is 3.41. The van der Waals surface area contributed by atoms with Crippen molar-refractivity contribution in [3.05, 3.63) is 59.7 Å². The van der Waals surface area contributed by atoms with E-state index in [4.69, 9.17) is 0 Å². The van der Waals surface area contributed by atoms with E-state index in [9.17, 15) is 13.5 Å². The van der Waals surface area contributed by atoms with Gasteiger partial charge in [0.25, 0.3) is 0 Å². The molecule has 0 amide bonds. The fourth-order valence-electron chi connectivity index (χ4n) is 3.15. The van der Waals surface area contributed by atoms with Crippen LogP contribution in [0.4, 0.5) is 5.69 Å². The molecule has 1 aliphatic rings. The quantitative estimate of drug-likeness (QED) is 0.904. The summed E-state index contributed by atoms with van der Waals surface area (Å²) in [7, 11) is -3.18. The van der Waals surface area contributed by atoms with Crippen LogP contribution in [0.25, 0.3) is 0 Å². The molecular weight excluding hydrogens is 310 g/mol. The minimum Gasteiger partial charge on any atom is -0.383 e. The lowest BCUT2D eigenvalue weighted by Crippen LogP contribution is -2.37. The van der Waals surface area contributed by atoms with Crippen LogP contribution in [0, 0.1) is 0 Å². The summed E-state index contributed by atoms with van der Waals surface area (Å²) in [4.78, 5) is 0.296. The molecule has 0 saturated carbocycles. The molecule has 0 aliphatic heterocycles. The molecule has 2 aromatic rings. The first kappa shape index (κ1) is 16.0. The molecule has 0 aromatic heterocycles. The summed E-state index contributed by atoms with van der Waals surface area (Å²) >= 11 is 0. The topological polar surface area (TPSA) is 66.4 Å². The van der Waals surface area contributed by atoms with Crippen molar-refractivity contribution in [3.8, 4) is 0 Å². The minimum absolute atomic E-state index is 0.296. The molecule has 2 N–H and O–H groups in total. The van der Waals surface area contributed by atoms with Crippen molar-refractivity contribution in [1.82, 2.24) is 0 Å². The first-order chi connectivity index (χ1) is 10.9. The summed E-state index contributed by atoms with van der Waals surface area (Å²) in [6.07, 6.45) is 3.87. The molecule has 1 atom stereocenters. The number of nitrogens with one attached hydrogen (secondary N) is 1. The molecule has 5 heteroatoms. The van der Waals surface area contributed by atoms with Gasteiger partial charge in [0.15, 0.2) is 9.84 Å². The number of fused-ring (bicyclic) bond motifs is 1. The van der Waals surface area contributed by atoms with Gasteiger partial charge in [0, 0.05) is 18.5 Å². The standard InChI is InChI=1S/C18H21NO3S/c1-23(21,22)16-10-8-15(9-11-16)19-13-18(20)12-4-6-14-5-2-3-7-17(14)18/h2-3,5,7-11,19-20H,4,6,12-13H2,1H3. The Morgan fingerprint density at radius 3 is 2.52 bits per heavy atom. The van der Waals surface area contributed by atoms with Gasteiger partial charge in [-0.3, -0.25) is 0 Å². The largest absolute Gasteiger partial charge is 0.383 e. The molecule has 2 aromatic carbocycles. The zero-order valence-electron chi connectivity index (χ0n) is 13.1. The van der Waals surface area contributed by atoms with Crippen LogP contribution in [0.15, 0.2) is 53.4 Å². The second-order valence-corrected chi connectivity index (χ2v) is 8.21. The van der Waals surface area contributed by atoms with Gasteiger partial charge in [0.2, 0.25) is 0 Å².